The van der Waals surface area contributed by atoms with Gasteiger partial charge in [0.25, 0.3) is 0 Å². The molecule has 0 aromatic carbocycles. The molecule has 3 N–H and O–H groups in total. The molecule has 1 saturated heterocycles. The molecule has 96 valence electrons. The van der Waals surface area contributed by atoms with Gasteiger partial charge in [0.05, 0.1) is 6.61 Å². The minimum absolute atomic E-state index is 0.227. The summed E-state index contributed by atoms with van der Waals surface area (Å²) in [6.45, 7) is 3.07. The molecule has 0 amide bonds. The third-order valence-corrected chi connectivity index (χ3v) is 3.12. The van der Waals surface area contributed by atoms with E-state index in [9.17, 15) is 0 Å². The second kappa shape index (κ2) is 8.01. The Balaban J connectivity index is 2.08. The number of hydrogen-bond acceptors (Lipinski definition) is 4. The van der Waals surface area contributed by atoms with Crippen LogP contribution in [0.1, 0.15) is 38.5 Å². The summed E-state index contributed by atoms with van der Waals surface area (Å²) < 4.78 is 11.3. The van der Waals surface area contributed by atoms with Gasteiger partial charge in [0, 0.05) is 26.4 Å². The van der Waals surface area contributed by atoms with Crippen LogP contribution in [0.2, 0.25) is 0 Å². The predicted molar refractivity (Wildman–Crippen MR) is 63.3 cm³/mol. The number of ether oxygens (including phenoxy) is 2. The average molecular weight is 231 g/mol. The summed E-state index contributed by atoms with van der Waals surface area (Å²) in [4.78, 5) is 0. The third kappa shape index (κ3) is 4.78. The van der Waals surface area contributed by atoms with Crippen LogP contribution >= 0.6 is 0 Å². The van der Waals surface area contributed by atoms with Gasteiger partial charge in [-0.1, -0.05) is 12.8 Å². The van der Waals surface area contributed by atoms with E-state index in [2.05, 4.69) is 0 Å². The minimum atomic E-state index is -0.227. The van der Waals surface area contributed by atoms with E-state index in [0.717, 1.165) is 51.7 Å². The zero-order chi connectivity index (χ0) is 11.7. The Morgan fingerprint density at radius 2 is 2.06 bits per heavy atom. The standard InChI is InChI=1S/C12H25NO3/c13-10-12(6-5-8-15-11-12)16-9-4-2-1-3-7-14/h14H,1-11,13H2. The van der Waals surface area contributed by atoms with Gasteiger partial charge in [0.2, 0.25) is 0 Å². The number of rotatable bonds is 8. The van der Waals surface area contributed by atoms with Crippen LogP contribution in [0.3, 0.4) is 0 Å². The lowest BCUT2D eigenvalue weighted by molar-refractivity contribution is -0.123. The first kappa shape index (κ1) is 13.9. The van der Waals surface area contributed by atoms with Crippen molar-refractivity contribution in [1.29, 1.82) is 0 Å². The van der Waals surface area contributed by atoms with Gasteiger partial charge >= 0.3 is 0 Å². The summed E-state index contributed by atoms with van der Waals surface area (Å²) >= 11 is 0. The Morgan fingerprint density at radius 1 is 1.25 bits per heavy atom. The monoisotopic (exact) mass is 231 g/mol. The number of unbranched alkanes of at least 4 members (excludes halogenated alkanes) is 3. The molecule has 0 aliphatic carbocycles. The smallest absolute Gasteiger partial charge is 0.104 e. The molecular weight excluding hydrogens is 206 g/mol. The number of hydrogen-bond donors (Lipinski definition) is 2. The van der Waals surface area contributed by atoms with Crippen LogP contribution in [0.4, 0.5) is 0 Å². The molecule has 1 unspecified atom stereocenters. The van der Waals surface area contributed by atoms with E-state index in [1.54, 1.807) is 0 Å². The Morgan fingerprint density at radius 3 is 2.69 bits per heavy atom. The Labute approximate surface area is 98.1 Å². The molecule has 0 aromatic heterocycles. The lowest BCUT2D eigenvalue weighted by atomic mass is 9.96. The van der Waals surface area contributed by atoms with Crippen molar-refractivity contribution in [3.63, 3.8) is 0 Å². The number of aliphatic hydroxyl groups is 1. The van der Waals surface area contributed by atoms with E-state index >= 15 is 0 Å². The molecule has 4 heteroatoms. The zero-order valence-corrected chi connectivity index (χ0v) is 10.1. The van der Waals surface area contributed by atoms with Crippen LogP contribution in [-0.4, -0.2) is 43.7 Å². The second-order valence-electron chi connectivity index (χ2n) is 4.53. The van der Waals surface area contributed by atoms with Crippen LogP contribution < -0.4 is 5.73 Å². The van der Waals surface area contributed by atoms with Crippen LogP contribution in [0, 0.1) is 0 Å². The zero-order valence-electron chi connectivity index (χ0n) is 10.1. The van der Waals surface area contributed by atoms with Crippen molar-refractivity contribution in [2.24, 2.45) is 5.73 Å². The second-order valence-corrected chi connectivity index (χ2v) is 4.53. The van der Waals surface area contributed by atoms with Crippen LogP contribution in [0.15, 0.2) is 0 Å². The average Bonchev–Trinajstić information content (AvgIpc) is 2.35. The van der Waals surface area contributed by atoms with Gasteiger partial charge in [-0.2, -0.15) is 0 Å². The molecule has 0 aromatic rings. The molecule has 1 rings (SSSR count). The van der Waals surface area contributed by atoms with Crippen molar-refractivity contribution in [2.45, 2.75) is 44.1 Å². The van der Waals surface area contributed by atoms with Crippen molar-refractivity contribution in [3.05, 3.63) is 0 Å². The van der Waals surface area contributed by atoms with Crippen LogP contribution in [-0.2, 0) is 9.47 Å². The summed E-state index contributed by atoms with van der Waals surface area (Å²) in [6, 6.07) is 0. The van der Waals surface area contributed by atoms with E-state index in [0.29, 0.717) is 19.8 Å². The Hall–Kier alpha value is -0.160. The topological polar surface area (TPSA) is 64.7 Å². The van der Waals surface area contributed by atoms with Crippen molar-refractivity contribution in [3.8, 4) is 0 Å². The maximum atomic E-state index is 8.64. The maximum Gasteiger partial charge on any atom is 0.104 e. The lowest BCUT2D eigenvalue weighted by Crippen LogP contribution is -2.48. The maximum absolute atomic E-state index is 8.64. The van der Waals surface area contributed by atoms with E-state index < -0.39 is 0 Å². The molecule has 0 radical (unpaired) electrons. The highest BCUT2D eigenvalue weighted by Crippen LogP contribution is 2.22. The van der Waals surface area contributed by atoms with Crippen LogP contribution in [0.5, 0.6) is 0 Å². The van der Waals surface area contributed by atoms with Gasteiger partial charge in [-0.25, -0.2) is 0 Å². The normalized spacial score (nSPS) is 25.9. The molecule has 0 saturated carbocycles. The van der Waals surface area contributed by atoms with Gasteiger partial charge < -0.3 is 20.3 Å². The van der Waals surface area contributed by atoms with Crippen molar-refractivity contribution >= 4 is 0 Å². The van der Waals surface area contributed by atoms with E-state index in [-0.39, 0.29) is 5.60 Å². The fourth-order valence-corrected chi connectivity index (χ4v) is 2.02. The molecule has 1 heterocycles. The molecule has 4 nitrogen and oxygen atoms in total. The van der Waals surface area contributed by atoms with E-state index in [1.807, 2.05) is 0 Å². The SMILES string of the molecule is NCC1(OCCCCCCO)CCCOC1. The van der Waals surface area contributed by atoms with E-state index in [1.165, 1.54) is 0 Å². The van der Waals surface area contributed by atoms with Crippen LogP contribution in [0.25, 0.3) is 0 Å². The number of nitrogens with two attached hydrogens (primary N) is 1. The van der Waals surface area contributed by atoms with Gasteiger partial charge in [0.15, 0.2) is 0 Å². The summed E-state index contributed by atoms with van der Waals surface area (Å²) in [5.41, 5.74) is 5.54. The molecule has 1 aliphatic heterocycles. The summed E-state index contributed by atoms with van der Waals surface area (Å²) in [5.74, 6) is 0. The summed E-state index contributed by atoms with van der Waals surface area (Å²) in [5, 5.41) is 8.64. The summed E-state index contributed by atoms with van der Waals surface area (Å²) in [7, 11) is 0. The predicted octanol–water partition coefficient (Wildman–Crippen LogP) is 1.06. The Kier molecular flexibility index (Phi) is 6.96. The number of aliphatic hydroxyl groups excluding tert-OH is 1. The molecule has 0 spiro atoms. The molecule has 16 heavy (non-hydrogen) atoms. The molecule has 0 bridgehead atoms. The molecular formula is C12H25NO3. The highest BCUT2D eigenvalue weighted by atomic mass is 16.5. The lowest BCUT2D eigenvalue weighted by Gasteiger charge is -2.35. The largest absolute Gasteiger partial charge is 0.396 e. The first-order valence-corrected chi connectivity index (χ1v) is 6.36. The highest BCUT2D eigenvalue weighted by Gasteiger charge is 2.32. The van der Waals surface area contributed by atoms with Gasteiger partial charge in [-0.3, -0.25) is 0 Å². The highest BCUT2D eigenvalue weighted by molar-refractivity contribution is 4.84. The minimum Gasteiger partial charge on any atom is -0.396 e. The molecule has 1 aliphatic rings. The van der Waals surface area contributed by atoms with Gasteiger partial charge in [0.1, 0.15) is 5.60 Å². The van der Waals surface area contributed by atoms with Gasteiger partial charge in [-0.05, 0) is 25.7 Å². The van der Waals surface area contributed by atoms with E-state index in [4.69, 9.17) is 20.3 Å². The first-order valence-electron chi connectivity index (χ1n) is 6.36. The quantitative estimate of drug-likeness (QED) is 0.613. The fourth-order valence-electron chi connectivity index (χ4n) is 2.02. The molecule has 1 fully saturated rings. The van der Waals surface area contributed by atoms with Crippen molar-refractivity contribution < 1.29 is 14.6 Å². The van der Waals surface area contributed by atoms with Crippen molar-refractivity contribution in [1.82, 2.24) is 0 Å². The summed E-state index contributed by atoms with van der Waals surface area (Å²) in [6.07, 6.45) is 6.18. The third-order valence-electron chi connectivity index (χ3n) is 3.12. The molecule has 1 atom stereocenters. The Bertz CT molecular complexity index is 170. The first-order chi connectivity index (χ1) is 7.83. The van der Waals surface area contributed by atoms with Gasteiger partial charge in [-0.15, -0.1) is 0 Å². The van der Waals surface area contributed by atoms with Crippen molar-refractivity contribution in [2.75, 3.05) is 33.0 Å². The fraction of sp³-hybridized carbons (Fsp3) is 1.00.